The number of hydrogen-bond acceptors (Lipinski definition) is 5. The molecule has 7 nitrogen and oxygen atoms in total. The van der Waals surface area contributed by atoms with Crippen molar-refractivity contribution in [2.75, 3.05) is 26.0 Å². The Morgan fingerprint density at radius 1 is 1.11 bits per heavy atom. The van der Waals surface area contributed by atoms with Gasteiger partial charge < -0.3 is 14.3 Å². The van der Waals surface area contributed by atoms with Gasteiger partial charge in [-0.2, -0.15) is 8.42 Å². The minimum Gasteiger partial charge on any atom is -0.417 e. The maximum Gasteiger partial charge on any atom is 0.264 e. The molecular formula is C26H40N2O5SSi. The Labute approximate surface area is 210 Å². The SMILES string of the molecule is CC(C)(C)[Si](C)(C)OCC[C@H]1C[C@H]2c3[nH]c4ccccc4c3CC(=O)N2C[C@@H]1CCOS(C)(=O)=O. The molecule has 0 saturated carbocycles. The maximum atomic E-state index is 13.2. The zero-order valence-corrected chi connectivity index (χ0v) is 23.7. The molecule has 1 aromatic heterocycles. The lowest BCUT2D eigenvalue weighted by atomic mass is 9.75. The van der Waals surface area contributed by atoms with Crippen LogP contribution in [0.3, 0.4) is 0 Å². The van der Waals surface area contributed by atoms with Crippen molar-refractivity contribution in [1.29, 1.82) is 0 Å². The highest BCUT2D eigenvalue weighted by atomic mass is 32.2. The first kappa shape index (κ1) is 26.4. The molecule has 2 aromatic rings. The van der Waals surface area contributed by atoms with E-state index >= 15 is 0 Å². The van der Waals surface area contributed by atoms with Crippen LogP contribution in [-0.4, -0.2) is 58.5 Å². The Bertz CT molecular complexity index is 1180. The summed E-state index contributed by atoms with van der Waals surface area (Å²) in [6.45, 7) is 12.7. The van der Waals surface area contributed by atoms with Gasteiger partial charge in [0.25, 0.3) is 10.1 Å². The summed E-state index contributed by atoms with van der Waals surface area (Å²) in [7, 11) is -5.35. The van der Waals surface area contributed by atoms with E-state index in [0.29, 0.717) is 31.9 Å². The molecule has 0 radical (unpaired) electrons. The van der Waals surface area contributed by atoms with Crippen LogP contribution in [0.4, 0.5) is 0 Å². The number of H-pyrrole nitrogens is 1. The molecule has 4 rings (SSSR count). The molecule has 1 fully saturated rings. The summed E-state index contributed by atoms with van der Waals surface area (Å²) in [5.74, 6) is 0.637. The third-order valence-electron chi connectivity index (χ3n) is 8.37. The fourth-order valence-corrected chi connectivity index (χ4v) is 6.81. The van der Waals surface area contributed by atoms with Gasteiger partial charge in [-0.05, 0) is 60.9 Å². The van der Waals surface area contributed by atoms with E-state index in [1.54, 1.807) is 0 Å². The van der Waals surface area contributed by atoms with Gasteiger partial charge in [0.15, 0.2) is 8.32 Å². The van der Waals surface area contributed by atoms with Crippen molar-refractivity contribution >= 4 is 35.2 Å². The Balaban J connectivity index is 1.56. The van der Waals surface area contributed by atoms with Crippen molar-refractivity contribution in [2.45, 2.75) is 70.6 Å². The average molecular weight is 521 g/mol. The summed E-state index contributed by atoms with van der Waals surface area (Å²) in [5, 5.41) is 1.28. The van der Waals surface area contributed by atoms with E-state index in [2.05, 4.69) is 51.0 Å². The number of nitrogens with zero attached hydrogens (tertiary/aromatic N) is 1. The second-order valence-electron chi connectivity index (χ2n) is 11.8. The van der Waals surface area contributed by atoms with Gasteiger partial charge in [-0.15, -0.1) is 0 Å². The number of piperidine rings is 1. The summed E-state index contributed by atoms with van der Waals surface area (Å²) in [6, 6.07) is 8.22. The van der Waals surface area contributed by atoms with E-state index in [9.17, 15) is 13.2 Å². The van der Waals surface area contributed by atoms with Gasteiger partial charge in [-0.25, -0.2) is 0 Å². The predicted octanol–water partition coefficient (Wildman–Crippen LogP) is 5.01. The van der Waals surface area contributed by atoms with Crippen LogP contribution in [0.1, 0.15) is 57.3 Å². The second kappa shape index (κ2) is 9.65. The zero-order chi connectivity index (χ0) is 25.6. The van der Waals surface area contributed by atoms with Gasteiger partial charge in [0.1, 0.15) is 0 Å². The number of benzene rings is 1. The fourth-order valence-electron chi connectivity index (χ4n) is 5.35. The lowest BCUT2D eigenvalue weighted by Crippen LogP contribution is -2.49. The van der Waals surface area contributed by atoms with Crippen LogP contribution in [0.25, 0.3) is 10.9 Å². The highest BCUT2D eigenvalue weighted by Gasteiger charge is 2.43. The Morgan fingerprint density at radius 2 is 1.80 bits per heavy atom. The summed E-state index contributed by atoms with van der Waals surface area (Å²) in [5.41, 5.74) is 3.36. The molecule has 0 aliphatic carbocycles. The number of nitrogens with one attached hydrogen (secondary N) is 1. The molecule has 1 saturated heterocycles. The summed E-state index contributed by atoms with van der Waals surface area (Å²) < 4.78 is 34.6. The molecule has 0 unspecified atom stereocenters. The van der Waals surface area contributed by atoms with E-state index in [-0.39, 0.29) is 29.5 Å². The van der Waals surface area contributed by atoms with Crippen molar-refractivity contribution in [2.24, 2.45) is 11.8 Å². The summed E-state index contributed by atoms with van der Waals surface area (Å²) >= 11 is 0. The van der Waals surface area contributed by atoms with E-state index in [1.165, 1.54) is 0 Å². The first-order chi connectivity index (χ1) is 16.3. The average Bonchev–Trinajstić information content (AvgIpc) is 3.11. The number of amides is 1. The molecule has 35 heavy (non-hydrogen) atoms. The molecule has 1 aromatic carbocycles. The van der Waals surface area contributed by atoms with Gasteiger partial charge in [0.2, 0.25) is 5.91 Å². The third-order valence-corrected chi connectivity index (χ3v) is 13.5. The first-order valence-corrected chi connectivity index (χ1v) is 17.4. The zero-order valence-electron chi connectivity index (χ0n) is 21.9. The van der Waals surface area contributed by atoms with Crippen molar-refractivity contribution in [1.82, 2.24) is 9.88 Å². The van der Waals surface area contributed by atoms with Crippen LogP contribution in [0.15, 0.2) is 24.3 Å². The van der Waals surface area contributed by atoms with Crippen LogP contribution >= 0.6 is 0 Å². The number of para-hydroxylation sites is 1. The minimum absolute atomic E-state index is 0.0172. The van der Waals surface area contributed by atoms with Crippen LogP contribution in [-0.2, 0) is 29.9 Å². The number of rotatable bonds is 8. The van der Waals surface area contributed by atoms with E-state index < -0.39 is 18.4 Å². The highest BCUT2D eigenvalue weighted by molar-refractivity contribution is 7.85. The maximum absolute atomic E-state index is 13.2. The second-order valence-corrected chi connectivity index (χ2v) is 18.2. The molecular weight excluding hydrogens is 480 g/mol. The minimum atomic E-state index is -3.49. The quantitative estimate of drug-likeness (QED) is 0.391. The van der Waals surface area contributed by atoms with Crippen LogP contribution in [0.2, 0.25) is 18.1 Å². The van der Waals surface area contributed by atoms with Crippen LogP contribution in [0, 0.1) is 11.8 Å². The van der Waals surface area contributed by atoms with Crippen molar-refractivity contribution in [3.8, 4) is 0 Å². The fraction of sp³-hybridized carbons (Fsp3) is 0.654. The highest BCUT2D eigenvalue weighted by Crippen LogP contribution is 2.45. The topological polar surface area (TPSA) is 88.7 Å². The molecule has 2 aliphatic heterocycles. The number of hydrogen-bond donors (Lipinski definition) is 1. The molecule has 0 bridgehead atoms. The van der Waals surface area contributed by atoms with Crippen molar-refractivity contribution in [3.05, 3.63) is 35.5 Å². The third kappa shape index (κ3) is 5.68. The Kier molecular flexibility index (Phi) is 7.27. The summed E-state index contributed by atoms with van der Waals surface area (Å²) in [4.78, 5) is 18.9. The van der Waals surface area contributed by atoms with Gasteiger partial charge in [-0.3, -0.25) is 8.98 Å². The number of carbonyl (C=O) groups is 1. The molecule has 1 amide bonds. The van der Waals surface area contributed by atoms with Crippen molar-refractivity contribution < 1.29 is 21.8 Å². The van der Waals surface area contributed by atoms with E-state index in [4.69, 9.17) is 8.61 Å². The standard InChI is InChI=1S/C26H40N2O5SSi/c1-26(2,3)35(5,6)33-14-12-18-15-23-25-21(20-9-7-8-10-22(20)27-25)16-24(29)28(23)17-19(18)11-13-32-34(4,30)31/h7-10,18-19,23,27H,11-17H2,1-6H3/t18-,19-,23-/m0/s1. The predicted molar refractivity (Wildman–Crippen MR) is 141 cm³/mol. The van der Waals surface area contributed by atoms with Gasteiger partial charge in [0, 0.05) is 29.7 Å². The normalized spacial score (nSPS) is 23.4. The lowest BCUT2D eigenvalue weighted by Gasteiger charge is -2.46. The lowest BCUT2D eigenvalue weighted by molar-refractivity contribution is -0.138. The largest absolute Gasteiger partial charge is 0.417 e. The smallest absolute Gasteiger partial charge is 0.264 e. The molecule has 2 aliphatic rings. The van der Waals surface area contributed by atoms with Crippen LogP contribution in [0.5, 0.6) is 0 Å². The first-order valence-electron chi connectivity index (χ1n) is 12.6. The Morgan fingerprint density at radius 3 is 2.49 bits per heavy atom. The number of carbonyl (C=O) groups excluding carboxylic acids is 1. The molecule has 194 valence electrons. The van der Waals surface area contributed by atoms with Gasteiger partial charge >= 0.3 is 0 Å². The molecule has 0 spiro atoms. The molecule has 9 heteroatoms. The molecule has 3 atom stereocenters. The number of aromatic nitrogens is 1. The van der Waals surface area contributed by atoms with Crippen molar-refractivity contribution in [3.63, 3.8) is 0 Å². The number of aromatic amines is 1. The van der Waals surface area contributed by atoms with Gasteiger partial charge in [0.05, 0.1) is 25.3 Å². The molecule has 1 N–H and O–H groups in total. The van der Waals surface area contributed by atoms with E-state index in [0.717, 1.165) is 41.3 Å². The van der Waals surface area contributed by atoms with Gasteiger partial charge in [-0.1, -0.05) is 39.0 Å². The Hall–Kier alpha value is -1.68. The summed E-state index contributed by atoms with van der Waals surface area (Å²) in [6.07, 6.45) is 3.83. The number of fused-ring (bicyclic) bond motifs is 5. The van der Waals surface area contributed by atoms with E-state index in [1.807, 2.05) is 17.0 Å². The molecule has 3 heterocycles. The monoisotopic (exact) mass is 520 g/mol. The van der Waals surface area contributed by atoms with Crippen LogP contribution < -0.4 is 0 Å².